The Kier molecular flexibility index (Phi) is 1.81. The molecule has 0 radical (unpaired) electrons. The zero-order valence-corrected chi connectivity index (χ0v) is 7.75. The number of hydrogen-bond acceptors (Lipinski definition) is 2. The number of thiol groups is 1. The van der Waals surface area contributed by atoms with Crippen LogP contribution in [0.3, 0.4) is 0 Å². The van der Waals surface area contributed by atoms with E-state index in [1.807, 2.05) is 16.8 Å². The fourth-order valence-electron chi connectivity index (χ4n) is 1.21. The molecule has 2 aromatic heterocycles. The maximum absolute atomic E-state index is 4.38. The van der Waals surface area contributed by atoms with Crippen molar-refractivity contribution >= 4 is 18.3 Å². The zero-order chi connectivity index (χ0) is 8.55. The van der Waals surface area contributed by atoms with E-state index in [0.29, 0.717) is 5.75 Å². The summed E-state index contributed by atoms with van der Waals surface area (Å²) in [6.07, 6.45) is 4.02. The summed E-state index contributed by atoms with van der Waals surface area (Å²) in [6, 6.07) is 4.13. The first kappa shape index (κ1) is 7.68. The fourth-order valence-corrected chi connectivity index (χ4v) is 1.36. The molecule has 0 fully saturated rings. The van der Waals surface area contributed by atoms with E-state index < -0.39 is 0 Å². The third kappa shape index (κ3) is 1.20. The Morgan fingerprint density at radius 3 is 3.17 bits per heavy atom. The van der Waals surface area contributed by atoms with Gasteiger partial charge in [-0.2, -0.15) is 12.6 Å². The van der Waals surface area contributed by atoms with Crippen molar-refractivity contribution in [2.24, 2.45) is 0 Å². The van der Waals surface area contributed by atoms with Crippen LogP contribution in [-0.2, 0) is 5.75 Å². The summed E-state index contributed by atoms with van der Waals surface area (Å²) in [5, 5.41) is 0. The SMILES string of the molecule is Cc1ccn2cc(CS)nc2c1. The summed E-state index contributed by atoms with van der Waals surface area (Å²) in [4.78, 5) is 4.38. The highest BCUT2D eigenvalue weighted by Crippen LogP contribution is 2.08. The maximum atomic E-state index is 4.38. The molecule has 0 amide bonds. The number of imidazole rings is 1. The van der Waals surface area contributed by atoms with E-state index in [-0.39, 0.29) is 0 Å². The van der Waals surface area contributed by atoms with Gasteiger partial charge in [-0.15, -0.1) is 0 Å². The van der Waals surface area contributed by atoms with Crippen molar-refractivity contribution in [2.45, 2.75) is 12.7 Å². The Balaban J connectivity index is 2.67. The molecule has 0 atom stereocenters. The van der Waals surface area contributed by atoms with Crippen LogP contribution < -0.4 is 0 Å². The molecule has 0 bridgehead atoms. The van der Waals surface area contributed by atoms with Crippen molar-refractivity contribution in [3.05, 3.63) is 35.8 Å². The molecule has 2 nitrogen and oxygen atoms in total. The average molecular weight is 178 g/mol. The molecule has 0 aliphatic carbocycles. The molecule has 2 heterocycles. The van der Waals surface area contributed by atoms with Crippen molar-refractivity contribution in [3.8, 4) is 0 Å². The molecular weight excluding hydrogens is 168 g/mol. The van der Waals surface area contributed by atoms with E-state index in [4.69, 9.17) is 0 Å². The van der Waals surface area contributed by atoms with Gasteiger partial charge in [-0.1, -0.05) is 0 Å². The van der Waals surface area contributed by atoms with E-state index in [1.54, 1.807) is 0 Å². The van der Waals surface area contributed by atoms with Crippen molar-refractivity contribution in [3.63, 3.8) is 0 Å². The highest BCUT2D eigenvalue weighted by atomic mass is 32.1. The highest BCUT2D eigenvalue weighted by Gasteiger charge is 1.98. The lowest BCUT2D eigenvalue weighted by Crippen LogP contribution is -1.81. The first-order valence-electron chi connectivity index (χ1n) is 3.85. The van der Waals surface area contributed by atoms with Crippen LogP contribution in [-0.4, -0.2) is 9.38 Å². The normalized spacial score (nSPS) is 10.8. The molecule has 2 rings (SSSR count). The van der Waals surface area contributed by atoms with Gasteiger partial charge in [0.15, 0.2) is 0 Å². The lowest BCUT2D eigenvalue weighted by Gasteiger charge is -1.92. The van der Waals surface area contributed by atoms with Gasteiger partial charge in [-0.25, -0.2) is 4.98 Å². The Hall–Kier alpha value is -0.960. The van der Waals surface area contributed by atoms with E-state index in [0.717, 1.165) is 11.3 Å². The summed E-state index contributed by atoms with van der Waals surface area (Å²) >= 11 is 4.17. The minimum Gasteiger partial charge on any atom is -0.307 e. The fraction of sp³-hybridized carbons (Fsp3) is 0.222. The summed E-state index contributed by atoms with van der Waals surface area (Å²) in [6.45, 7) is 2.06. The first-order chi connectivity index (χ1) is 5.79. The van der Waals surface area contributed by atoms with Gasteiger partial charge in [0.2, 0.25) is 0 Å². The number of pyridine rings is 1. The summed E-state index contributed by atoms with van der Waals surface area (Å²) in [7, 11) is 0. The molecule has 0 aliphatic rings. The Morgan fingerprint density at radius 1 is 1.58 bits per heavy atom. The maximum Gasteiger partial charge on any atom is 0.137 e. The van der Waals surface area contributed by atoms with Crippen molar-refractivity contribution in [1.29, 1.82) is 0 Å². The molecule has 0 spiro atoms. The predicted molar refractivity (Wildman–Crippen MR) is 52.6 cm³/mol. The minimum absolute atomic E-state index is 0.695. The molecule has 0 saturated heterocycles. The molecule has 0 saturated carbocycles. The molecule has 2 aromatic rings. The van der Waals surface area contributed by atoms with E-state index in [9.17, 15) is 0 Å². The molecule has 0 aromatic carbocycles. The number of rotatable bonds is 1. The van der Waals surface area contributed by atoms with Gasteiger partial charge < -0.3 is 4.40 Å². The van der Waals surface area contributed by atoms with Gasteiger partial charge in [0, 0.05) is 18.1 Å². The van der Waals surface area contributed by atoms with Gasteiger partial charge in [0.1, 0.15) is 5.65 Å². The van der Waals surface area contributed by atoms with E-state index >= 15 is 0 Å². The van der Waals surface area contributed by atoms with E-state index in [2.05, 4.69) is 36.7 Å². The molecule has 0 aliphatic heterocycles. The zero-order valence-electron chi connectivity index (χ0n) is 6.86. The quantitative estimate of drug-likeness (QED) is 0.662. The van der Waals surface area contributed by atoms with Crippen LogP contribution in [0.1, 0.15) is 11.3 Å². The van der Waals surface area contributed by atoms with Crippen LogP contribution in [0.25, 0.3) is 5.65 Å². The largest absolute Gasteiger partial charge is 0.307 e. The summed E-state index contributed by atoms with van der Waals surface area (Å²) < 4.78 is 2.01. The van der Waals surface area contributed by atoms with Gasteiger partial charge in [-0.05, 0) is 24.6 Å². The van der Waals surface area contributed by atoms with Crippen molar-refractivity contribution in [1.82, 2.24) is 9.38 Å². The van der Waals surface area contributed by atoms with Crippen molar-refractivity contribution in [2.75, 3.05) is 0 Å². The summed E-state index contributed by atoms with van der Waals surface area (Å²) in [5.41, 5.74) is 3.25. The van der Waals surface area contributed by atoms with Gasteiger partial charge in [0.25, 0.3) is 0 Å². The second-order valence-electron chi connectivity index (χ2n) is 2.86. The lowest BCUT2D eigenvalue weighted by molar-refractivity contribution is 1.17. The summed E-state index contributed by atoms with van der Waals surface area (Å²) in [5.74, 6) is 0.695. The second-order valence-corrected chi connectivity index (χ2v) is 3.18. The lowest BCUT2D eigenvalue weighted by atomic mass is 10.3. The smallest absolute Gasteiger partial charge is 0.137 e. The Bertz CT molecular complexity index is 406. The Labute approximate surface area is 76.7 Å². The van der Waals surface area contributed by atoms with Crippen LogP contribution in [0.4, 0.5) is 0 Å². The highest BCUT2D eigenvalue weighted by molar-refractivity contribution is 7.79. The van der Waals surface area contributed by atoms with Gasteiger partial charge >= 0.3 is 0 Å². The topological polar surface area (TPSA) is 17.3 Å². The number of aromatic nitrogens is 2. The van der Waals surface area contributed by atoms with Crippen molar-refractivity contribution < 1.29 is 0 Å². The molecular formula is C9H10N2S. The monoisotopic (exact) mass is 178 g/mol. The van der Waals surface area contributed by atoms with Crippen LogP contribution >= 0.6 is 12.6 Å². The van der Waals surface area contributed by atoms with Crippen LogP contribution in [0, 0.1) is 6.92 Å². The average Bonchev–Trinajstić information content (AvgIpc) is 2.46. The molecule has 0 N–H and O–H groups in total. The molecule has 3 heteroatoms. The standard InChI is InChI=1S/C9H10N2S/c1-7-2-3-11-5-8(6-12)10-9(11)4-7/h2-5,12H,6H2,1H3. The predicted octanol–water partition coefficient (Wildman–Crippen LogP) is 2.07. The van der Waals surface area contributed by atoms with E-state index in [1.165, 1.54) is 5.56 Å². The molecule has 0 unspecified atom stereocenters. The second kappa shape index (κ2) is 2.83. The number of nitrogens with zero attached hydrogens (tertiary/aromatic N) is 2. The van der Waals surface area contributed by atoms with Crippen LogP contribution in [0.5, 0.6) is 0 Å². The third-order valence-corrected chi connectivity index (χ3v) is 2.15. The Morgan fingerprint density at radius 2 is 2.42 bits per heavy atom. The number of hydrogen-bond donors (Lipinski definition) is 1. The van der Waals surface area contributed by atoms with Gasteiger partial charge in [-0.3, -0.25) is 0 Å². The number of aryl methyl sites for hydroxylation is 1. The molecule has 62 valence electrons. The van der Waals surface area contributed by atoms with Crippen LogP contribution in [0.2, 0.25) is 0 Å². The molecule has 12 heavy (non-hydrogen) atoms. The first-order valence-corrected chi connectivity index (χ1v) is 4.48. The van der Waals surface area contributed by atoms with Gasteiger partial charge in [0.05, 0.1) is 5.69 Å². The third-order valence-electron chi connectivity index (χ3n) is 1.83. The minimum atomic E-state index is 0.695. The number of fused-ring (bicyclic) bond motifs is 1. The van der Waals surface area contributed by atoms with Crippen LogP contribution in [0.15, 0.2) is 24.5 Å².